The van der Waals surface area contributed by atoms with Crippen LogP contribution in [0.15, 0.2) is 48.8 Å². The standard InChI is InChI=1S/C26H33N3O/c1-2-3-4-7-21-8-10-23(11-9-21)26-24-19-28(18-22-12-14-27-15-13-22)16-5-6-17-29(24)25(26)20-30/h8-15,24-26,30H,2-3,5-6,16-20H2,1H3/t24-,25-,26-/m1/s1. The number of pyridine rings is 1. The van der Waals surface area contributed by atoms with Gasteiger partial charge >= 0.3 is 0 Å². The number of rotatable bonds is 5. The van der Waals surface area contributed by atoms with Gasteiger partial charge in [0, 0.05) is 55.5 Å². The summed E-state index contributed by atoms with van der Waals surface area (Å²) in [5, 5.41) is 10.1. The molecule has 2 aromatic rings. The minimum absolute atomic E-state index is 0.226. The summed E-state index contributed by atoms with van der Waals surface area (Å²) >= 11 is 0. The lowest BCUT2D eigenvalue weighted by molar-refractivity contribution is -0.0655. The maximum atomic E-state index is 10.1. The number of benzene rings is 1. The Balaban J connectivity index is 1.50. The highest BCUT2D eigenvalue weighted by atomic mass is 16.3. The van der Waals surface area contributed by atoms with Crippen molar-refractivity contribution in [3.05, 3.63) is 65.5 Å². The van der Waals surface area contributed by atoms with E-state index in [0.717, 1.165) is 44.6 Å². The van der Waals surface area contributed by atoms with E-state index >= 15 is 0 Å². The molecule has 2 aliphatic heterocycles. The quantitative estimate of drug-likeness (QED) is 0.774. The van der Waals surface area contributed by atoms with Crippen molar-refractivity contribution in [2.75, 3.05) is 26.2 Å². The molecular weight excluding hydrogens is 370 g/mol. The number of fused-ring (bicyclic) bond motifs is 1. The van der Waals surface area contributed by atoms with E-state index in [1.54, 1.807) is 0 Å². The van der Waals surface area contributed by atoms with Crippen LogP contribution in [0.25, 0.3) is 0 Å². The zero-order valence-electron chi connectivity index (χ0n) is 18.0. The van der Waals surface area contributed by atoms with E-state index in [1.165, 1.54) is 24.0 Å². The van der Waals surface area contributed by atoms with Crippen LogP contribution in [0.2, 0.25) is 0 Å². The smallest absolute Gasteiger partial charge is 0.0593 e. The first-order valence-electron chi connectivity index (χ1n) is 11.4. The molecule has 30 heavy (non-hydrogen) atoms. The molecule has 158 valence electrons. The van der Waals surface area contributed by atoms with Gasteiger partial charge in [-0.2, -0.15) is 0 Å². The topological polar surface area (TPSA) is 39.6 Å². The van der Waals surface area contributed by atoms with Gasteiger partial charge in [-0.05, 0) is 67.7 Å². The van der Waals surface area contributed by atoms with Crippen LogP contribution in [0.5, 0.6) is 0 Å². The van der Waals surface area contributed by atoms with E-state index in [4.69, 9.17) is 0 Å². The van der Waals surface area contributed by atoms with E-state index in [-0.39, 0.29) is 12.6 Å². The summed E-state index contributed by atoms with van der Waals surface area (Å²) < 4.78 is 0. The van der Waals surface area contributed by atoms with Crippen LogP contribution in [0.3, 0.4) is 0 Å². The molecular formula is C26H33N3O. The Hall–Kier alpha value is -2.19. The Labute approximate surface area is 180 Å². The molecule has 0 spiro atoms. The van der Waals surface area contributed by atoms with Crippen LogP contribution in [0, 0.1) is 11.8 Å². The van der Waals surface area contributed by atoms with Gasteiger partial charge in [-0.25, -0.2) is 0 Å². The summed E-state index contributed by atoms with van der Waals surface area (Å²) in [5.41, 5.74) is 3.74. The van der Waals surface area contributed by atoms with E-state index in [9.17, 15) is 5.11 Å². The Morgan fingerprint density at radius 3 is 2.57 bits per heavy atom. The van der Waals surface area contributed by atoms with Crippen molar-refractivity contribution >= 4 is 0 Å². The molecule has 3 heterocycles. The van der Waals surface area contributed by atoms with Crippen molar-refractivity contribution in [3.8, 4) is 11.8 Å². The van der Waals surface area contributed by atoms with Crippen LogP contribution in [0.1, 0.15) is 55.2 Å². The van der Waals surface area contributed by atoms with Crippen LogP contribution >= 0.6 is 0 Å². The number of unbranched alkanes of at least 4 members (excludes halogenated alkanes) is 1. The van der Waals surface area contributed by atoms with Gasteiger partial charge in [0.05, 0.1) is 6.61 Å². The number of hydrogen-bond acceptors (Lipinski definition) is 4. The highest BCUT2D eigenvalue weighted by molar-refractivity contribution is 5.39. The van der Waals surface area contributed by atoms with Crippen molar-refractivity contribution < 1.29 is 5.11 Å². The second-order valence-corrected chi connectivity index (χ2v) is 8.55. The first-order valence-corrected chi connectivity index (χ1v) is 11.4. The third-order valence-electron chi connectivity index (χ3n) is 6.51. The van der Waals surface area contributed by atoms with E-state index in [0.29, 0.717) is 12.0 Å². The Kier molecular flexibility index (Phi) is 7.17. The zero-order chi connectivity index (χ0) is 20.8. The van der Waals surface area contributed by atoms with Crippen LogP contribution in [-0.4, -0.2) is 58.2 Å². The largest absolute Gasteiger partial charge is 0.395 e. The lowest BCUT2D eigenvalue weighted by Crippen LogP contribution is -2.67. The van der Waals surface area contributed by atoms with Crippen LogP contribution in [0.4, 0.5) is 0 Å². The van der Waals surface area contributed by atoms with Gasteiger partial charge in [0.25, 0.3) is 0 Å². The van der Waals surface area contributed by atoms with Crippen molar-refractivity contribution in [2.24, 2.45) is 0 Å². The SMILES string of the molecule is CCCC#Cc1ccc([C@H]2[C@@H](CO)N3CCCCN(Cc4ccncc4)C[C@H]23)cc1. The van der Waals surface area contributed by atoms with Gasteiger partial charge in [0.2, 0.25) is 0 Å². The molecule has 2 fully saturated rings. The van der Waals surface area contributed by atoms with Crippen molar-refractivity contribution in [2.45, 2.75) is 57.2 Å². The summed E-state index contributed by atoms with van der Waals surface area (Å²) in [7, 11) is 0. The third kappa shape index (κ3) is 4.75. The molecule has 0 bridgehead atoms. The average Bonchev–Trinajstić information content (AvgIpc) is 2.76. The molecule has 1 N–H and O–H groups in total. The second-order valence-electron chi connectivity index (χ2n) is 8.55. The molecule has 0 saturated carbocycles. The molecule has 0 unspecified atom stereocenters. The second kappa shape index (κ2) is 10.2. The maximum absolute atomic E-state index is 10.1. The highest BCUT2D eigenvalue weighted by Gasteiger charge is 2.48. The first kappa shape index (κ1) is 21.1. The predicted octanol–water partition coefficient (Wildman–Crippen LogP) is 3.66. The highest BCUT2D eigenvalue weighted by Crippen LogP contribution is 2.42. The van der Waals surface area contributed by atoms with Gasteiger partial charge < -0.3 is 5.11 Å². The summed E-state index contributed by atoms with van der Waals surface area (Å²) in [4.78, 5) is 9.27. The van der Waals surface area contributed by atoms with Gasteiger partial charge in [0.15, 0.2) is 0 Å². The normalized spacial score (nSPS) is 24.7. The van der Waals surface area contributed by atoms with Crippen molar-refractivity contribution in [3.63, 3.8) is 0 Å². The zero-order valence-corrected chi connectivity index (χ0v) is 18.0. The lowest BCUT2D eigenvalue weighted by Gasteiger charge is -2.57. The molecule has 0 amide bonds. The predicted molar refractivity (Wildman–Crippen MR) is 121 cm³/mol. The number of nitrogens with zero attached hydrogens (tertiary/aromatic N) is 3. The molecule has 1 aromatic heterocycles. The van der Waals surface area contributed by atoms with Gasteiger partial charge in [-0.3, -0.25) is 14.8 Å². The van der Waals surface area contributed by atoms with Gasteiger partial charge in [-0.15, -0.1) is 0 Å². The average molecular weight is 404 g/mol. The summed E-state index contributed by atoms with van der Waals surface area (Å²) in [6.07, 6.45) is 8.20. The molecule has 3 atom stereocenters. The summed E-state index contributed by atoms with van der Waals surface area (Å²) in [6.45, 7) is 6.62. The first-order chi connectivity index (χ1) is 14.8. The molecule has 4 rings (SSSR count). The molecule has 2 aliphatic rings. The van der Waals surface area contributed by atoms with Gasteiger partial charge in [-0.1, -0.05) is 30.9 Å². The van der Waals surface area contributed by atoms with Crippen molar-refractivity contribution in [1.29, 1.82) is 0 Å². The molecule has 1 aromatic carbocycles. The summed E-state index contributed by atoms with van der Waals surface area (Å²) in [5.74, 6) is 6.87. The van der Waals surface area contributed by atoms with Crippen LogP contribution < -0.4 is 0 Å². The number of aliphatic hydroxyl groups excluding tert-OH is 1. The molecule has 0 aliphatic carbocycles. The van der Waals surface area contributed by atoms with Crippen LogP contribution in [-0.2, 0) is 6.54 Å². The Bertz CT molecular complexity index is 855. The fourth-order valence-corrected chi connectivity index (χ4v) is 4.98. The third-order valence-corrected chi connectivity index (χ3v) is 6.51. The van der Waals surface area contributed by atoms with Gasteiger partial charge in [0.1, 0.15) is 0 Å². The van der Waals surface area contributed by atoms with E-state index in [1.807, 2.05) is 12.4 Å². The molecule has 0 radical (unpaired) electrons. The number of hydrogen-bond donors (Lipinski definition) is 1. The molecule has 2 saturated heterocycles. The Morgan fingerprint density at radius 2 is 1.83 bits per heavy atom. The monoisotopic (exact) mass is 403 g/mol. The summed E-state index contributed by atoms with van der Waals surface area (Å²) in [6, 6.07) is 13.7. The minimum Gasteiger partial charge on any atom is -0.395 e. The Morgan fingerprint density at radius 1 is 1.07 bits per heavy atom. The van der Waals surface area contributed by atoms with E-state index in [2.05, 4.69) is 69.9 Å². The number of aromatic nitrogens is 1. The number of aliphatic hydroxyl groups is 1. The fraction of sp³-hybridized carbons (Fsp3) is 0.500. The lowest BCUT2D eigenvalue weighted by atomic mass is 9.74. The molecule has 4 heteroatoms. The van der Waals surface area contributed by atoms with Crippen molar-refractivity contribution in [1.82, 2.24) is 14.8 Å². The molecule has 4 nitrogen and oxygen atoms in total. The van der Waals surface area contributed by atoms with E-state index < -0.39 is 0 Å². The maximum Gasteiger partial charge on any atom is 0.0593 e. The minimum atomic E-state index is 0.226. The fourth-order valence-electron chi connectivity index (χ4n) is 4.98.